The smallest absolute Gasteiger partial charge is 0.248 e. The molecule has 0 aromatic carbocycles. The maximum atomic E-state index is 13.0. The maximum absolute atomic E-state index is 13.0. The molecule has 1 unspecified atom stereocenters. The first-order chi connectivity index (χ1) is 13.1. The highest BCUT2D eigenvalue weighted by Crippen LogP contribution is 2.27. The van der Waals surface area contributed by atoms with E-state index < -0.39 is 10.0 Å². The zero-order valence-corrected chi connectivity index (χ0v) is 18.7. The Morgan fingerprint density at radius 1 is 1.29 bits per heavy atom. The van der Waals surface area contributed by atoms with Crippen LogP contribution in [0, 0.1) is 19.8 Å². The lowest BCUT2D eigenvalue weighted by Crippen LogP contribution is -2.47. The third-order valence-corrected chi connectivity index (χ3v) is 7.43. The number of nitrogens with one attached hydrogen (secondary N) is 1. The number of sulfonamides is 1. The van der Waals surface area contributed by atoms with E-state index in [4.69, 9.17) is 4.52 Å². The van der Waals surface area contributed by atoms with Gasteiger partial charge in [0.2, 0.25) is 15.9 Å². The first kappa shape index (κ1) is 22.8. The average Bonchev–Trinajstić information content (AvgIpc) is 2.97. The van der Waals surface area contributed by atoms with Gasteiger partial charge in [-0.3, -0.25) is 9.69 Å². The quantitative estimate of drug-likeness (QED) is 0.698. The number of nitrogens with zero attached hydrogens (tertiary/aromatic N) is 3. The standard InChI is InChI=1S/C19H34N4O4S/c1-13(2)23(14(3)4)11-9-20-19(24)17-8-7-10-22(12-17)28(25,26)18-15(5)21-27-16(18)6/h13-14,17H,7-12H2,1-6H3,(H,20,24). The van der Waals surface area contributed by atoms with Crippen molar-refractivity contribution in [2.24, 2.45) is 5.92 Å². The number of hydrogen-bond donors (Lipinski definition) is 1. The molecule has 1 aliphatic heterocycles. The largest absolute Gasteiger partial charge is 0.360 e. The normalized spacial score (nSPS) is 19.0. The van der Waals surface area contributed by atoms with Crippen LogP contribution in [0.15, 0.2) is 9.42 Å². The van der Waals surface area contributed by atoms with Gasteiger partial charge in [-0.05, 0) is 54.4 Å². The number of amides is 1. The number of piperidine rings is 1. The molecular formula is C19H34N4O4S. The van der Waals surface area contributed by atoms with Gasteiger partial charge in [0.25, 0.3) is 0 Å². The molecule has 0 bridgehead atoms. The molecule has 2 rings (SSSR count). The Morgan fingerprint density at radius 2 is 1.93 bits per heavy atom. The minimum absolute atomic E-state index is 0.0777. The summed E-state index contributed by atoms with van der Waals surface area (Å²) in [7, 11) is -3.71. The monoisotopic (exact) mass is 414 g/mol. The fraction of sp³-hybridized carbons (Fsp3) is 0.789. The third kappa shape index (κ3) is 5.12. The number of aromatic nitrogens is 1. The van der Waals surface area contributed by atoms with E-state index in [2.05, 4.69) is 43.1 Å². The molecule has 160 valence electrons. The van der Waals surface area contributed by atoms with Crippen LogP contribution in [0.2, 0.25) is 0 Å². The molecule has 2 heterocycles. The van der Waals surface area contributed by atoms with Gasteiger partial charge in [0, 0.05) is 38.3 Å². The molecule has 1 aliphatic rings. The fourth-order valence-electron chi connectivity index (χ4n) is 3.91. The Labute approximate surface area is 168 Å². The van der Waals surface area contributed by atoms with E-state index >= 15 is 0 Å². The third-order valence-electron chi connectivity index (χ3n) is 5.32. The summed E-state index contributed by atoms with van der Waals surface area (Å²) in [4.78, 5) is 15.1. The maximum Gasteiger partial charge on any atom is 0.248 e. The second-order valence-corrected chi connectivity index (χ2v) is 9.95. The van der Waals surface area contributed by atoms with Crippen LogP contribution < -0.4 is 5.32 Å². The molecular weight excluding hydrogens is 380 g/mol. The molecule has 0 radical (unpaired) electrons. The van der Waals surface area contributed by atoms with Crippen molar-refractivity contribution in [1.82, 2.24) is 19.7 Å². The molecule has 1 N–H and O–H groups in total. The lowest BCUT2D eigenvalue weighted by molar-refractivity contribution is -0.126. The molecule has 28 heavy (non-hydrogen) atoms. The van der Waals surface area contributed by atoms with Crippen molar-refractivity contribution in [1.29, 1.82) is 0 Å². The zero-order valence-electron chi connectivity index (χ0n) is 17.9. The molecule has 1 amide bonds. The molecule has 1 fully saturated rings. The highest BCUT2D eigenvalue weighted by atomic mass is 32.2. The van der Waals surface area contributed by atoms with E-state index in [9.17, 15) is 13.2 Å². The Balaban J connectivity index is 1.98. The average molecular weight is 415 g/mol. The lowest BCUT2D eigenvalue weighted by Gasteiger charge is -2.32. The summed E-state index contributed by atoms with van der Waals surface area (Å²) in [6.07, 6.45) is 1.35. The summed E-state index contributed by atoms with van der Waals surface area (Å²) in [6.45, 7) is 13.7. The first-order valence-electron chi connectivity index (χ1n) is 10.0. The van der Waals surface area contributed by atoms with Crippen molar-refractivity contribution in [3.05, 3.63) is 11.5 Å². The van der Waals surface area contributed by atoms with Gasteiger partial charge >= 0.3 is 0 Å². The summed E-state index contributed by atoms with van der Waals surface area (Å²) in [5, 5.41) is 6.74. The van der Waals surface area contributed by atoms with Gasteiger partial charge in [-0.15, -0.1) is 0 Å². The molecule has 1 aromatic heterocycles. The SMILES string of the molecule is Cc1noc(C)c1S(=O)(=O)N1CCCC(C(=O)NCCN(C(C)C)C(C)C)C1. The molecule has 1 atom stereocenters. The van der Waals surface area contributed by atoms with Crippen LogP contribution in [0.4, 0.5) is 0 Å². The summed E-state index contributed by atoms with van der Waals surface area (Å²) >= 11 is 0. The Hall–Kier alpha value is -1.45. The van der Waals surface area contributed by atoms with E-state index in [0.29, 0.717) is 43.7 Å². The highest BCUT2D eigenvalue weighted by Gasteiger charge is 2.36. The summed E-state index contributed by atoms with van der Waals surface area (Å²) in [5.41, 5.74) is 0.353. The van der Waals surface area contributed by atoms with Crippen molar-refractivity contribution < 1.29 is 17.7 Å². The molecule has 1 saturated heterocycles. The predicted molar refractivity (Wildman–Crippen MR) is 107 cm³/mol. The summed E-state index contributed by atoms with van der Waals surface area (Å²) < 4.78 is 32.4. The van der Waals surface area contributed by atoms with Crippen LogP contribution in [0.5, 0.6) is 0 Å². The van der Waals surface area contributed by atoms with Gasteiger partial charge in [-0.2, -0.15) is 4.31 Å². The van der Waals surface area contributed by atoms with Crippen LogP contribution in [0.25, 0.3) is 0 Å². The lowest BCUT2D eigenvalue weighted by atomic mass is 9.99. The topological polar surface area (TPSA) is 95.8 Å². The van der Waals surface area contributed by atoms with E-state index in [1.54, 1.807) is 13.8 Å². The Morgan fingerprint density at radius 3 is 2.46 bits per heavy atom. The fourth-order valence-corrected chi connectivity index (χ4v) is 5.73. The molecule has 0 spiro atoms. The van der Waals surface area contributed by atoms with Crippen LogP contribution in [-0.4, -0.2) is 66.9 Å². The predicted octanol–water partition coefficient (Wildman–Crippen LogP) is 1.93. The minimum atomic E-state index is -3.71. The van der Waals surface area contributed by atoms with Crippen LogP contribution in [0.1, 0.15) is 52.0 Å². The zero-order chi connectivity index (χ0) is 21.1. The van der Waals surface area contributed by atoms with Crippen molar-refractivity contribution in [2.75, 3.05) is 26.2 Å². The van der Waals surface area contributed by atoms with Gasteiger partial charge in [0.1, 0.15) is 10.6 Å². The van der Waals surface area contributed by atoms with Gasteiger partial charge in [0.05, 0.1) is 5.92 Å². The minimum Gasteiger partial charge on any atom is -0.360 e. The second-order valence-electron chi connectivity index (χ2n) is 8.07. The summed E-state index contributed by atoms with van der Waals surface area (Å²) in [5.74, 6) is -0.131. The Kier molecular flexibility index (Phi) is 7.64. The van der Waals surface area contributed by atoms with Crippen LogP contribution in [-0.2, 0) is 14.8 Å². The van der Waals surface area contributed by atoms with Gasteiger partial charge < -0.3 is 9.84 Å². The van der Waals surface area contributed by atoms with E-state index in [1.165, 1.54) is 4.31 Å². The molecule has 9 heteroatoms. The van der Waals surface area contributed by atoms with Crippen molar-refractivity contribution in [2.45, 2.75) is 71.4 Å². The number of rotatable bonds is 8. The second kappa shape index (κ2) is 9.37. The van der Waals surface area contributed by atoms with Crippen molar-refractivity contribution >= 4 is 15.9 Å². The van der Waals surface area contributed by atoms with E-state index in [1.807, 2.05) is 0 Å². The Bertz CT molecular complexity index is 745. The van der Waals surface area contributed by atoms with Crippen LogP contribution >= 0.6 is 0 Å². The number of hydrogen-bond acceptors (Lipinski definition) is 6. The number of carbonyl (C=O) groups is 1. The number of aryl methyl sites for hydroxylation is 2. The van der Waals surface area contributed by atoms with Gasteiger partial charge in [-0.1, -0.05) is 5.16 Å². The summed E-state index contributed by atoms with van der Waals surface area (Å²) in [6, 6.07) is 0.810. The van der Waals surface area contributed by atoms with E-state index in [-0.39, 0.29) is 29.0 Å². The molecule has 0 saturated carbocycles. The highest BCUT2D eigenvalue weighted by molar-refractivity contribution is 7.89. The molecule has 0 aliphatic carbocycles. The van der Waals surface area contributed by atoms with Gasteiger partial charge in [0.15, 0.2) is 5.76 Å². The van der Waals surface area contributed by atoms with Crippen molar-refractivity contribution in [3.8, 4) is 0 Å². The number of carbonyl (C=O) groups excluding carboxylic acids is 1. The van der Waals surface area contributed by atoms with E-state index in [0.717, 1.165) is 6.54 Å². The molecule has 1 aromatic rings. The molecule has 8 nitrogen and oxygen atoms in total. The first-order valence-corrected chi connectivity index (χ1v) is 11.5. The van der Waals surface area contributed by atoms with Crippen molar-refractivity contribution in [3.63, 3.8) is 0 Å². The van der Waals surface area contributed by atoms with Crippen LogP contribution in [0.3, 0.4) is 0 Å². The van der Waals surface area contributed by atoms with Gasteiger partial charge in [-0.25, -0.2) is 8.42 Å².